The summed E-state index contributed by atoms with van der Waals surface area (Å²) in [5.74, 6) is 0.516. The van der Waals surface area contributed by atoms with Crippen LogP contribution in [0, 0.1) is 5.92 Å². The van der Waals surface area contributed by atoms with Gasteiger partial charge in [0.1, 0.15) is 0 Å². The van der Waals surface area contributed by atoms with Crippen LogP contribution in [-0.2, 0) is 23.6 Å². The van der Waals surface area contributed by atoms with Crippen LogP contribution in [0.5, 0.6) is 0 Å². The van der Waals surface area contributed by atoms with Gasteiger partial charge in [0.25, 0.3) is 0 Å². The number of rotatable bonds is 5. The first-order valence-corrected chi connectivity index (χ1v) is 7.36. The zero-order valence-corrected chi connectivity index (χ0v) is 10.8. The molecule has 0 bridgehead atoms. The largest absolute Gasteiger partial charge is 0.352 e. The first-order valence-electron chi connectivity index (χ1n) is 5.88. The van der Waals surface area contributed by atoms with E-state index in [0.29, 0.717) is 23.9 Å². The third-order valence-corrected chi connectivity index (χ3v) is 4.78. The molecule has 17 heavy (non-hydrogen) atoms. The Morgan fingerprint density at radius 2 is 2.24 bits per heavy atom. The Morgan fingerprint density at radius 1 is 1.53 bits per heavy atom. The van der Waals surface area contributed by atoms with Crippen LogP contribution in [0.3, 0.4) is 0 Å². The molecule has 3 N–H and O–H groups in total. The molecule has 5 nitrogen and oxygen atoms in total. The van der Waals surface area contributed by atoms with E-state index in [2.05, 4.69) is 4.72 Å². The maximum Gasteiger partial charge on any atom is 0.242 e. The topological polar surface area (TPSA) is 77.1 Å². The molecule has 1 aromatic rings. The summed E-state index contributed by atoms with van der Waals surface area (Å²) in [4.78, 5) is 0.305. The second-order valence-electron chi connectivity index (χ2n) is 4.63. The highest BCUT2D eigenvalue weighted by molar-refractivity contribution is 7.89. The van der Waals surface area contributed by atoms with Crippen LogP contribution in [0.2, 0.25) is 0 Å². The highest BCUT2D eigenvalue weighted by atomic mass is 32.2. The molecule has 1 aliphatic rings. The lowest BCUT2D eigenvalue weighted by molar-refractivity contribution is 0.316. The molecule has 0 aliphatic heterocycles. The fourth-order valence-electron chi connectivity index (χ4n) is 1.93. The highest BCUT2D eigenvalue weighted by Crippen LogP contribution is 2.25. The maximum atomic E-state index is 12.0. The van der Waals surface area contributed by atoms with E-state index >= 15 is 0 Å². The second kappa shape index (κ2) is 4.80. The Hall–Kier alpha value is -0.850. The van der Waals surface area contributed by atoms with Crippen molar-refractivity contribution in [3.05, 3.63) is 18.0 Å². The zero-order valence-electron chi connectivity index (χ0n) is 10.0. The summed E-state index contributed by atoms with van der Waals surface area (Å²) in [6.45, 7) is 0.893. The van der Waals surface area contributed by atoms with Gasteiger partial charge < -0.3 is 10.3 Å². The molecule has 96 valence electrons. The Morgan fingerprint density at radius 3 is 2.71 bits per heavy atom. The molecule has 2 rings (SSSR count). The van der Waals surface area contributed by atoms with E-state index in [4.69, 9.17) is 5.73 Å². The van der Waals surface area contributed by atoms with Crippen molar-refractivity contribution in [2.75, 3.05) is 6.54 Å². The van der Waals surface area contributed by atoms with Gasteiger partial charge in [0.15, 0.2) is 0 Å². The molecule has 1 aromatic heterocycles. The standard InChI is InChI=1S/C11H19N3O2S/c1-14-8-11(5-10(14)6-12)17(15,16)13-7-9-3-2-4-9/h5,8-9,13H,2-4,6-7,12H2,1H3. The quantitative estimate of drug-likeness (QED) is 0.809. The molecule has 0 radical (unpaired) electrons. The second-order valence-corrected chi connectivity index (χ2v) is 6.40. The number of nitrogens with two attached hydrogens (primary N) is 1. The number of nitrogens with zero attached hydrogens (tertiary/aromatic N) is 1. The minimum atomic E-state index is -3.37. The molecule has 0 unspecified atom stereocenters. The summed E-state index contributed by atoms with van der Waals surface area (Å²) in [6.07, 6.45) is 5.08. The number of sulfonamides is 1. The number of aryl methyl sites for hydroxylation is 1. The molecule has 0 aromatic carbocycles. The molecule has 1 saturated carbocycles. The van der Waals surface area contributed by atoms with Crippen molar-refractivity contribution >= 4 is 10.0 Å². The summed E-state index contributed by atoms with van der Waals surface area (Å²) in [6, 6.07) is 1.63. The van der Waals surface area contributed by atoms with E-state index in [0.717, 1.165) is 18.5 Å². The summed E-state index contributed by atoms with van der Waals surface area (Å²) in [7, 11) is -1.57. The van der Waals surface area contributed by atoms with Crippen LogP contribution in [0.25, 0.3) is 0 Å². The minimum absolute atomic E-state index is 0.305. The van der Waals surface area contributed by atoms with E-state index < -0.39 is 10.0 Å². The molecule has 1 aliphatic carbocycles. The lowest BCUT2D eigenvalue weighted by Crippen LogP contribution is -2.32. The summed E-state index contributed by atoms with van der Waals surface area (Å²) < 4.78 is 28.4. The Kier molecular flexibility index (Phi) is 3.56. The first-order chi connectivity index (χ1) is 8.03. The van der Waals surface area contributed by atoms with Crippen molar-refractivity contribution in [2.45, 2.75) is 30.7 Å². The van der Waals surface area contributed by atoms with Gasteiger partial charge in [0.05, 0.1) is 4.90 Å². The monoisotopic (exact) mass is 257 g/mol. The fourth-order valence-corrected chi connectivity index (χ4v) is 3.14. The van der Waals surface area contributed by atoms with Crippen molar-refractivity contribution in [2.24, 2.45) is 18.7 Å². The van der Waals surface area contributed by atoms with Crippen molar-refractivity contribution in [1.29, 1.82) is 0 Å². The predicted molar refractivity (Wildman–Crippen MR) is 65.8 cm³/mol. The van der Waals surface area contributed by atoms with Crippen LogP contribution < -0.4 is 10.5 Å². The molecular formula is C11H19N3O2S. The van der Waals surface area contributed by atoms with Gasteiger partial charge in [-0.15, -0.1) is 0 Å². The third-order valence-electron chi connectivity index (χ3n) is 3.39. The lowest BCUT2D eigenvalue weighted by atomic mass is 9.86. The number of hydrogen-bond donors (Lipinski definition) is 2. The van der Waals surface area contributed by atoms with Crippen molar-refractivity contribution in [3.63, 3.8) is 0 Å². The van der Waals surface area contributed by atoms with E-state index in [1.165, 1.54) is 6.42 Å². The average Bonchev–Trinajstić information content (AvgIpc) is 2.57. The van der Waals surface area contributed by atoms with Crippen molar-refractivity contribution < 1.29 is 8.42 Å². The van der Waals surface area contributed by atoms with Gasteiger partial charge >= 0.3 is 0 Å². The van der Waals surface area contributed by atoms with Crippen LogP contribution >= 0.6 is 0 Å². The van der Waals surface area contributed by atoms with Crippen LogP contribution in [0.4, 0.5) is 0 Å². The fraction of sp³-hybridized carbons (Fsp3) is 0.636. The van der Waals surface area contributed by atoms with Gasteiger partial charge in [0, 0.05) is 32.0 Å². The highest BCUT2D eigenvalue weighted by Gasteiger charge is 2.22. The first kappa shape index (κ1) is 12.6. The molecular weight excluding hydrogens is 238 g/mol. The Bertz CT molecular complexity index is 489. The minimum Gasteiger partial charge on any atom is -0.352 e. The molecule has 1 fully saturated rings. The van der Waals surface area contributed by atoms with Gasteiger partial charge in [0.2, 0.25) is 10.0 Å². The summed E-state index contributed by atoms with van der Waals surface area (Å²) >= 11 is 0. The third kappa shape index (κ3) is 2.70. The average molecular weight is 257 g/mol. The van der Waals surface area contributed by atoms with Crippen LogP contribution in [0.1, 0.15) is 25.0 Å². The van der Waals surface area contributed by atoms with Crippen LogP contribution in [0.15, 0.2) is 17.2 Å². The molecule has 0 saturated heterocycles. The summed E-state index contributed by atoms with van der Waals surface area (Å²) in [5.41, 5.74) is 6.34. The molecule has 1 heterocycles. The predicted octanol–water partition coefficient (Wildman–Crippen LogP) is 0.562. The SMILES string of the molecule is Cn1cc(S(=O)(=O)NCC2CCC2)cc1CN. The van der Waals surface area contributed by atoms with Crippen molar-refractivity contribution in [3.8, 4) is 0 Å². The van der Waals surface area contributed by atoms with Crippen LogP contribution in [-0.4, -0.2) is 19.5 Å². The number of hydrogen-bond acceptors (Lipinski definition) is 3. The van der Waals surface area contributed by atoms with E-state index in [-0.39, 0.29) is 0 Å². The van der Waals surface area contributed by atoms with Gasteiger partial charge in [-0.25, -0.2) is 13.1 Å². The zero-order chi connectivity index (χ0) is 12.5. The molecule has 0 spiro atoms. The molecule has 0 amide bonds. The van der Waals surface area contributed by atoms with Gasteiger partial charge in [-0.2, -0.15) is 0 Å². The maximum absolute atomic E-state index is 12.0. The van der Waals surface area contributed by atoms with Gasteiger partial charge in [-0.3, -0.25) is 0 Å². The lowest BCUT2D eigenvalue weighted by Gasteiger charge is -2.25. The van der Waals surface area contributed by atoms with E-state index in [1.54, 1.807) is 23.9 Å². The Balaban J connectivity index is 2.07. The number of nitrogens with one attached hydrogen (secondary N) is 1. The van der Waals surface area contributed by atoms with Gasteiger partial charge in [-0.05, 0) is 24.8 Å². The smallest absolute Gasteiger partial charge is 0.242 e. The van der Waals surface area contributed by atoms with E-state index in [1.807, 2.05) is 0 Å². The summed E-state index contributed by atoms with van der Waals surface area (Å²) in [5, 5.41) is 0. The number of aromatic nitrogens is 1. The van der Waals surface area contributed by atoms with Crippen molar-refractivity contribution in [1.82, 2.24) is 9.29 Å². The Labute approximate surface area is 102 Å². The molecule has 0 atom stereocenters. The molecule has 6 heteroatoms. The normalized spacial score (nSPS) is 17.1. The van der Waals surface area contributed by atoms with E-state index in [9.17, 15) is 8.42 Å². The van der Waals surface area contributed by atoms with Gasteiger partial charge in [-0.1, -0.05) is 6.42 Å².